The van der Waals surface area contributed by atoms with Gasteiger partial charge in [-0.25, -0.2) is 4.79 Å². The Bertz CT molecular complexity index is 1020. The molecule has 1 heterocycles. The summed E-state index contributed by atoms with van der Waals surface area (Å²) >= 11 is 0. The van der Waals surface area contributed by atoms with Crippen LogP contribution in [-0.4, -0.2) is 53.2 Å². The summed E-state index contributed by atoms with van der Waals surface area (Å²) in [5.74, 6) is -1.32. The van der Waals surface area contributed by atoms with Gasteiger partial charge in [-0.05, 0) is 41.0 Å². The van der Waals surface area contributed by atoms with Crippen LogP contribution in [-0.2, 0) is 14.3 Å². The highest BCUT2D eigenvalue weighted by molar-refractivity contribution is 5.87. The SMILES string of the molecule is CCC(C)C(NC(=O)OCC1c2ccccc2-c2ccccc21)C(=O)N1CCCC1CC(=O)O. The molecule has 180 valence electrons. The molecule has 7 heteroatoms. The van der Waals surface area contributed by atoms with E-state index in [1.54, 1.807) is 4.90 Å². The number of aliphatic carboxylic acids is 1. The molecule has 2 amide bonds. The van der Waals surface area contributed by atoms with Crippen molar-refractivity contribution in [3.05, 3.63) is 59.7 Å². The molecule has 7 nitrogen and oxygen atoms in total. The molecular formula is C27H32N2O5. The summed E-state index contributed by atoms with van der Waals surface area (Å²) in [7, 11) is 0. The molecule has 34 heavy (non-hydrogen) atoms. The maximum absolute atomic E-state index is 13.3. The predicted molar refractivity (Wildman–Crippen MR) is 128 cm³/mol. The largest absolute Gasteiger partial charge is 0.481 e. The molecule has 4 rings (SSSR count). The van der Waals surface area contributed by atoms with E-state index in [0.717, 1.165) is 28.7 Å². The fourth-order valence-electron chi connectivity index (χ4n) is 5.17. The van der Waals surface area contributed by atoms with Gasteiger partial charge in [0.1, 0.15) is 12.6 Å². The fraction of sp³-hybridized carbons (Fsp3) is 0.444. The molecular weight excluding hydrogens is 432 g/mol. The number of carboxylic acid groups (broad SMARTS) is 1. The number of carbonyl (C=O) groups excluding carboxylic acids is 2. The second-order valence-corrected chi connectivity index (χ2v) is 9.26. The van der Waals surface area contributed by atoms with Crippen molar-refractivity contribution in [1.82, 2.24) is 10.2 Å². The number of ether oxygens (including phenoxy) is 1. The zero-order valence-electron chi connectivity index (χ0n) is 19.7. The Balaban J connectivity index is 1.44. The predicted octanol–water partition coefficient (Wildman–Crippen LogP) is 4.41. The number of fused-ring (bicyclic) bond motifs is 3. The Kier molecular flexibility index (Phi) is 7.20. The van der Waals surface area contributed by atoms with Gasteiger partial charge in [-0.15, -0.1) is 0 Å². The monoisotopic (exact) mass is 464 g/mol. The van der Waals surface area contributed by atoms with Gasteiger partial charge in [0, 0.05) is 18.5 Å². The van der Waals surface area contributed by atoms with Crippen molar-refractivity contribution in [2.75, 3.05) is 13.2 Å². The highest BCUT2D eigenvalue weighted by atomic mass is 16.5. The van der Waals surface area contributed by atoms with Crippen LogP contribution in [0, 0.1) is 5.92 Å². The number of amides is 2. The van der Waals surface area contributed by atoms with E-state index in [2.05, 4.69) is 29.6 Å². The van der Waals surface area contributed by atoms with Crippen LogP contribution in [0.1, 0.15) is 56.6 Å². The van der Waals surface area contributed by atoms with Gasteiger partial charge >= 0.3 is 12.1 Å². The third-order valence-electron chi connectivity index (χ3n) is 7.17. The van der Waals surface area contributed by atoms with Crippen molar-refractivity contribution < 1.29 is 24.2 Å². The summed E-state index contributed by atoms with van der Waals surface area (Å²) in [5.41, 5.74) is 4.55. The minimum absolute atomic E-state index is 0.0607. The first-order valence-corrected chi connectivity index (χ1v) is 12.0. The van der Waals surface area contributed by atoms with Crippen LogP contribution >= 0.6 is 0 Å². The number of carboxylic acids is 1. The number of nitrogens with zero attached hydrogens (tertiary/aromatic N) is 1. The molecule has 3 atom stereocenters. The van der Waals surface area contributed by atoms with E-state index in [1.165, 1.54) is 0 Å². The molecule has 2 aliphatic rings. The van der Waals surface area contributed by atoms with Crippen molar-refractivity contribution in [3.63, 3.8) is 0 Å². The topological polar surface area (TPSA) is 95.9 Å². The molecule has 2 aromatic carbocycles. The van der Waals surface area contributed by atoms with E-state index in [4.69, 9.17) is 4.74 Å². The van der Waals surface area contributed by atoms with Gasteiger partial charge in [0.15, 0.2) is 0 Å². The lowest BCUT2D eigenvalue weighted by molar-refractivity contribution is -0.141. The van der Waals surface area contributed by atoms with Crippen molar-refractivity contribution in [1.29, 1.82) is 0 Å². The quantitative estimate of drug-likeness (QED) is 0.604. The minimum atomic E-state index is -0.922. The number of hydrogen-bond acceptors (Lipinski definition) is 4. The van der Waals surface area contributed by atoms with Gasteiger partial charge < -0.3 is 20.1 Å². The number of alkyl carbamates (subject to hydrolysis) is 1. The lowest BCUT2D eigenvalue weighted by atomic mass is 9.97. The molecule has 1 aliphatic carbocycles. The Morgan fingerprint density at radius 3 is 2.29 bits per heavy atom. The summed E-state index contributed by atoms with van der Waals surface area (Å²) in [6.07, 6.45) is 1.41. The second kappa shape index (κ2) is 10.3. The fourth-order valence-corrected chi connectivity index (χ4v) is 5.17. The van der Waals surface area contributed by atoms with E-state index in [1.807, 2.05) is 38.1 Å². The lowest BCUT2D eigenvalue weighted by Crippen LogP contribution is -2.53. The van der Waals surface area contributed by atoms with Crippen molar-refractivity contribution in [2.45, 2.75) is 57.5 Å². The average molecular weight is 465 g/mol. The second-order valence-electron chi connectivity index (χ2n) is 9.26. The number of nitrogens with one attached hydrogen (secondary N) is 1. The van der Waals surface area contributed by atoms with E-state index in [0.29, 0.717) is 19.4 Å². The van der Waals surface area contributed by atoms with Crippen LogP contribution in [0.5, 0.6) is 0 Å². The van der Waals surface area contributed by atoms with Crippen LogP contribution < -0.4 is 5.32 Å². The Hall–Kier alpha value is -3.35. The smallest absolute Gasteiger partial charge is 0.407 e. The molecule has 1 saturated heterocycles. The van der Waals surface area contributed by atoms with Gasteiger partial charge in [0.05, 0.1) is 6.42 Å². The maximum Gasteiger partial charge on any atom is 0.407 e. The Labute approximate surface area is 200 Å². The third kappa shape index (κ3) is 4.79. The van der Waals surface area contributed by atoms with Gasteiger partial charge in [-0.3, -0.25) is 9.59 Å². The van der Waals surface area contributed by atoms with Crippen molar-refractivity contribution >= 4 is 18.0 Å². The zero-order valence-corrected chi connectivity index (χ0v) is 19.7. The van der Waals surface area contributed by atoms with Crippen LogP contribution in [0.4, 0.5) is 4.79 Å². The summed E-state index contributed by atoms with van der Waals surface area (Å²) in [6.45, 7) is 4.56. The molecule has 0 spiro atoms. The molecule has 0 saturated carbocycles. The van der Waals surface area contributed by atoms with Crippen LogP contribution in [0.3, 0.4) is 0 Å². The first-order chi connectivity index (χ1) is 16.4. The van der Waals surface area contributed by atoms with Crippen LogP contribution in [0.25, 0.3) is 11.1 Å². The third-order valence-corrected chi connectivity index (χ3v) is 7.17. The molecule has 3 unspecified atom stereocenters. The number of likely N-dealkylation sites (tertiary alicyclic amines) is 1. The van der Waals surface area contributed by atoms with Gasteiger partial charge in [-0.1, -0.05) is 68.8 Å². The summed E-state index contributed by atoms with van der Waals surface area (Å²) in [4.78, 5) is 39.0. The highest BCUT2D eigenvalue weighted by Gasteiger charge is 2.37. The van der Waals surface area contributed by atoms with Crippen molar-refractivity contribution in [3.8, 4) is 11.1 Å². The molecule has 2 N–H and O–H groups in total. The van der Waals surface area contributed by atoms with E-state index in [9.17, 15) is 19.5 Å². The first kappa shape index (κ1) is 23.8. The number of carbonyl (C=O) groups is 3. The molecule has 0 bridgehead atoms. The number of rotatable bonds is 8. The maximum atomic E-state index is 13.3. The Morgan fingerprint density at radius 2 is 1.71 bits per heavy atom. The van der Waals surface area contributed by atoms with Gasteiger partial charge in [0.25, 0.3) is 0 Å². The molecule has 2 aromatic rings. The standard InChI is InChI=1S/C27H32N2O5/c1-3-17(2)25(26(32)29-14-8-9-18(29)15-24(30)31)28-27(33)34-16-23-21-12-6-4-10-19(21)20-11-5-7-13-22(20)23/h4-7,10-13,17-18,23,25H,3,8-9,14-16H2,1-2H3,(H,28,33)(H,30,31). The number of benzene rings is 2. The lowest BCUT2D eigenvalue weighted by Gasteiger charge is -2.31. The van der Waals surface area contributed by atoms with Gasteiger partial charge in [-0.2, -0.15) is 0 Å². The number of hydrogen-bond donors (Lipinski definition) is 2. The van der Waals surface area contributed by atoms with E-state index < -0.39 is 18.1 Å². The summed E-state index contributed by atoms with van der Waals surface area (Å²) < 4.78 is 5.65. The molecule has 0 aromatic heterocycles. The van der Waals surface area contributed by atoms with Crippen LogP contribution in [0.15, 0.2) is 48.5 Å². The molecule has 1 aliphatic heterocycles. The van der Waals surface area contributed by atoms with Gasteiger partial charge in [0.2, 0.25) is 5.91 Å². The summed E-state index contributed by atoms with van der Waals surface area (Å²) in [5, 5.41) is 12.0. The highest BCUT2D eigenvalue weighted by Crippen LogP contribution is 2.44. The van der Waals surface area contributed by atoms with Crippen LogP contribution in [0.2, 0.25) is 0 Å². The molecule has 1 fully saturated rings. The van der Waals surface area contributed by atoms with Crippen molar-refractivity contribution in [2.24, 2.45) is 5.92 Å². The van der Waals surface area contributed by atoms with E-state index >= 15 is 0 Å². The first-order valence-electron chi connectivity index (χ1n) is 12.0. The Morgan fingerprint density at radius 1 is 1.09 bits per heavy atom. The molecule has 0 radical (unpaired) electrons. The average Bonchev–Trinajstić information content (AvgIpc) is 3.42. The summed E-state index contributed by atoms with van der Waals surface area (Å²) in [6, 6.07) is 15.2. The minimum Gasteiger partial charge on any atom is -0.481 e. The zero-order chi connectivity index (χ0) is 24.2. The normalized spacial score (nSPS) is 18.6. The van der Waals surface area contributed by atoms with E-state index in [-0.39, 0.29) is 36.8 Å².